The van der Waals surface area contributed by atoms with Crippen LogP contribution in [0.1, 0.15) is 23.5 Å². The van der Waals surface area contributed by atoms with E-state index in [1.54, 1.807) is 4.90 Å². The lowest BCUT2D eigenvalue weighted by atomic mass is 9.98. The molecule has 0 radical (unpaired) electrons. The van der Waals surface area contributed by atoms with Gasteiger partial charge in [-0.3, -0.25) is 4.90 Å². The highest BCUT2D eigenvalue weighted by molar-refractivity contribution is 5.79. The molecular weight excluding hydrogens is 314 g/mol. The second-order valence-electron chi connectivity index (χ2n) is 6.50. The van der Waals surface area contributed by atoms with Crippen LogP contribution in [-0.2, 0) is 4.74 Å². The summed E-state index contributed by atoms with van der Waals surface area (Å²) < 4.78 is 5.65. The number of ether oxygens (including phenoxy) is 1. The van der Waals surface area contributed by atoms with Crippen molar-refractivity contribution in [1.82, 2.24) is 4.90 Å². The van der Waals surface area contributed by atoms with E-state index in [0.29, 0.717) is 19.6 Å². The quantitative estimate of drug-likeness (QED) is 0.873. The Hall–Kier alpha value is -2.59. The topological polar surface area (TPSA) is 49.8 Å². The van der Waals surface area contributed by atoms with Gasteiger partial charge >= 0.3 is 6.09 Å². The van der Waals surface area contributed by atoms with Gasteiger partial charge in [0.2, 0.25) is 0 Å². The van der Waals surface area contributed by atoms with Gasteiger partial charge in [0, 0.05) is 12.5 Å². The molecule has 1 atom stereocenters. The smallest absolute Gasteiger partial charge is 0.410 e. The lowest BCUT2D eigenvalue weighted by Gasteiger charge is -2.31. The largest absolute Gasteiger partial charge is 0.448 e. The van der Waals surface area contributed by atoms with Crippen LogP contribution < -0.4 is 0 Å². The van der Waals surface area contributed by atoms with Crippen molar-refractivity contribution >= 4 is 6.09 Å². The van der Waals surface area contributed by atoms with Gasteiger partial charge in [0.05, 0.1) is 12.6 Å². The summed E-state index contributed by atoms with van der Waals surface area (Å²) in [6.45, 7) is 0.752. The van der Waals surface area contributed by atoms with Crippen LogP contribution in [0, 0.1) is 0 Å². The van der Waals surface area contributed by atoms with Crippen molar-refractivity contribution in [2.45, 2.75) is 18.4 Å². The van der Waals surface area contributed by atoms with Crippen LogP contribution in [0.5, 0.6) is 0 Å². The van der Waals surface area contributed by atoms with E-state index in [0.717, 1.165) is 0 Å². The van der Waals surface area contributed by atoms with E-state index >= 15 is 0 Å². The molecule has 1 unspecified atom stereocenters. The van der Waals surface area contributed by atoms with Crippen molar-refractivity contribution in [2.24, 2.45) is 0 Å². The number of hydrogen-bond acceptors (Lipinski definition) is 3. The van der Waals surface area contributed by atoms with Gasteiger partial charge in [0.25, 0.3) is 0 Å². The molecule has 0 saturated heterocycles. The minimum Gasteiger partial charge on any atom is -0.448 e. The first kappa shape index (κ1) is 15.9. The molecule has 4 rings (SSSR count). The molecule has 1 aliphatic carbocycles. The van der Waals surface area contributed by atoms with Crippen molar-refractivity contribution in [1.29, 1.82) is 0 Å². The number of aliphatic hydroxyl groups excluding tert-OH is 1. The fourth-order valence-electron chi connectivity index (χ4n) is 3.79. The molecule has 2 aromatic carbocycles. The standard InChI is InChI=1S/C21H21NO3/c23-13-15-7-5-6-12-22(15)21(24)25-14-20-18-10-3-1-8-16(18)17-9-2-4-11-19(17)20/h1-6,8-11,15,20,23H,7,12-14H2. The molecule has 128 valence electrons. The Balaban J connectivity index is 1.53. The van der Waals surface area contributed by atoms with Crippen LogP contribution in [0.25, 0.3) is 11.1 Å². The molecule has 0 aromatic heterocycles. The van der Waals surface area contributed by atoms with Crippen molar-refractivity contribution in [3.05, 3.63) is 71.8 Å². The molecule has 4 heteroatoms. The molecule has 1 N–H and O–H groups in total. The summed E-state index contributed by atoms with van der Waals surface area (Å²) in [6, 6.07) is 16.4. The fourth-order valence-corrected chi connectivity index (χ4v) is 3.79. The number of amides is 1. The van der Waals surface area contributed by atoms with Gasteiger partial charge in [0.15, 0.2) is 0 Å². The molecule has 4 nitrogen and oxygen atoms in total. The molecule has 1 aliphatic heterocycles. The molecule has 0 saturated carbocycles. The molecule has 1 amide bonds. The number of carbonyl (C=O) groups excluding carboxylic acids is 1. The average Bonchev–Trinajstić information content (AvgIpc) is 3.00. The van der Waals surface area contributed by atoms with E-state index in [9.17, 15) is 9.90 Å². The minimum atomic E-state index is -0.356. The zero-order chi connectivity index (χ0) is 17.2. The van der Waals surface area contributed by atoms with Gasteiger partial charge < -0.3 is 9.84 Å². The number of fused-ring (bicyclic) bond motifs is 3. The molecular formula is C21H21NO3. The molecule has 0 fully saturated rings. The van der Waals surface area contributed by atoms with Crippen molar-refractivity contribution in [2.75, 3.05) is 19.8 Å². The molecule has 1 heterocycles. The summed E-state index contributed by atoms with van der Waals surface area (Å²) in [5.74, 6) is 0.0595. The Morgan fingerprint density at radius 1 is 1.04 bits per heavy atom. The van der Waals surface area contributed by atoms with Crippen molar-refractivity contribution < 1.29 is 14.6 Å². The Morgan fingerprint density at radius 3 is 2.32 bits per heavy atom. The summed E-state index contributed by atoms with van der Waals surface area (Å²) in [5.41, 5.74) is 4.84. The Morgan fingerprint density at radius 2 is 1.68 bits per heavy atom. The first-order valence-electron chi connectivity index (χ1n) is 8.67. The Labute approximate surface area is 147 Å². The summed E-state index contributed by atoms with van der Waals surface area (Å²) in [7, 11) is 0. The van der Waals surface area contributed by atoms with Crippen molar-refractivity contribution in [3.63, 3.8) is 0 Å². The lowest BCUT2D eigenvalue weighted by Crippen LogP contribution is -2.44. The lowest BCUT2D eigenvalue weighted by molar-refractivity contribution is 0.0706. The maximum absolute atomic E-state index is 12.5. The van der Waals surface area contributed by atoms with Crippen molar-refractivity contribution in [3.8, 4) is 11.1 Å². The molecule has 2 aliphatic rings. The second kappa shape index (κ2) is 6.73. The number of carbonyl (C=O) groups is 1. The summed E-state index contributed by atoms with van der Waals surface area (Å²) >= 11 is 0. The zero-order valence-corrected chi connectivity index (χ0v) is 14.0. The number of benzene rings is 2. The third-order valence-corrected chi connectivity index (χ3v) is 5.10. The van der Waals surface area contributed by atoms with Gasteiger partial charge in [-0.15, -0.1) is 0 Å². The number of aliphatic hydroxyl groups is 1. The van der Waals surface area contributed by atoms with E-state index in [1.807, 2.05) is 36.4 Å². The number of rotatable bonds is 3. The summed E-state index contributed by atoms with van der Waals surface area (Å²) in [4.78, 5) is 14.1. The molecule has 25 heavy (non-hydrogen) atoms. The number of hydrogen-bond donors (Lipinski definition) is 1. The van der Waals surface area contributed by atoms with Crippen LogP contribution in [0.3, 0.4) is 0 Å². The van der Waals surface area contributed by atoms with Gasteiger partial charge in [-0.2, -0.15) is 0 Å². The molecule has 0 bridgehead atoms. The normalized spacial score (nSPS) is 18.8. The van der Waals surface area contributed by atoms with E-state index in [-0.39, 0.29) is 24.7 Å². The van der Waals surface area contributed by atoms with Gasteiger partial charge in [0.1, 0.15) is 6.61 Å². The van der Waals surface area contributed by atoms with Crippen LogP contribution in [0.4, 0.5) is 4.79 Å². The van der Waals surface area contributed by atoms with Gasteiger partial charge in [-0.1, -0.05) is 60.7 Å². The second-order valence-corrected chi connectivity index (χ2v) is 6.50. The minimum absolute atomic E-state index is 0.0471. The third-order valence-electron chi connectivity index (χ3n) is 5.10. The number of nitrogens with zero attached hydrogens (tertiary/aromatic N) is 1. The fraction of sp³-hybridized carbons (Fsp3) is 0.286. The van der Waals surface area contributed by atoms with Gasteiger partial charge in [-0.25, -0.2) is 4.79 Å². The third kappa shape index (κ3) is 2.83. The van der Waals surface area contributed by atoms with E-state index < -0.39 is 0 Å². The van der Waals surface area contributed by atoms with Crippen LogP contribution in [0.15, 0.2) is 60.7 Å². The average molecular weight is 335 g/mol. The first-order chi connectivity index (χ1) is 12.3. The summed E-state index contributed by atoms with van der Waals surface area (Å²) in [5, 5.41) is 9.47. The zero-order valence-electron chi connectivity index (χ0n) is 14.0. The monoisotopic (exact) mass is 335 g/mol. The van der Waals surface area contributed by atoms with E-state index in [1.165, 1.54) is 22.3 Å². The Kier molecular flexibility index (Phi) is 4.28. The van der Waals surface area contributed by atoms with Crippen LogP contribution >= 0.6 is 0 Å². The maximum Gasteiger partial charge on any atom is 0.410 e. The maximum atomic E-state index is 12.5. The van der Waals surface area contributed by atoms with Crippen LogP contribution in [0.2, 0.25) is 0 Å². The summed E-state index contributed by atoms with van der Waals surface area (Å²) in [6.07, 6.45) is 4.24. The van der Waals surface area contributed by atoms with Crippen LogP contribution in [-0.4, -0.2) is 41.9 Å². The highest BCUT2D eigenvalue weighted by atomic mass is 16.6. The predicted octanol–water partition coefficient (Wildman–Crippen LogP) is 3.56. The van der Waals surface area contributed by atoms with E-state index in [4.69, 9.17) is 4.74 Å². The Bertz CT molecular complexity index is 769. The highest BCUT2D eigenvalue weighted by Crippen LogP contribution is 2.44. The first-order valence-corrected chi connectivity index (χ1v) is 8.67. The SMILES string of the molecule is O=C(OCC1c2ccccc2-c2ccccc21)N1CC=CCC1CO. The van der Waals surface area contributed by atoms with Gasteiger partial charge in [-0.05, 0) is 28.7 Å². The molecule has 0 spiro atoms. The molecule has 2 aromatic rings. The highest BCUT2D eigenvalue weighted by Gasteiger charge is 2.31. The van der Waals surface area contributed by atoms with E-state index in [2.05, 4.69) is 24.3 Å². The predicted molar refractivity (Wildman–Crippen MR) is 96.4 cm³/mol.